The lowest BCUT2D eigenvalue weighted by atomic mass is 10.3. The Morgan fingerprint density at radius 1 is 1.33 bits per heavy atom. The minimum Gasteiger partial charge on any atom is -0.497 e. The number of anilines is 1. The van der Waals surface area contributed by atoms with E-state index in [1.165, 1.54) is 0 Å². The second-order valence-electron chi connectivity index (χ2n) is 3.65. The number of nitrogen functional groups attached to an aromatic ring is 1. The van der Waals surface area contributed by atoms with Gasteiger partial charge in [-0.3, -0.25) is 10.8 Å². The first-order valence-electron chi connectivity index (χ1n) is 5.50. The van der Waals surface area contributed by atoms with Crippen molar-refractivity contribution in [1.82, 2.24) is 4.98 Å². The zero-order valence-electron chi connectivity index (χ0n) is 10.1. The number of thioether (sulfide) groups is 1. The van der Waals surface area contributed by atoms with Gasteiger partial charge >= 0.3 is 0 Å². The first-order valence-corrected chi connectivity index (χ1v) is 6.49. The minimum atomic E-state index is 0.794. The molecule has 5 heteroatoms. The number of rotatable bonds is 5. The van der Waals surface area contributed by atoms with E-state index in [-0.39, 0.29) is 0 Å². The third-order valence-corrected chi connectivity index (χ3v) is 3.44. The van der Waals surface area contributed by atoms with Gasteiger partial charge in [-0.1, -0.05) is 6.07 Å². The Morgan fingerprint density at radius 3 is 3.00 bits per heavy atom. The predicted octanol–water partition coefficient (Wildman–Crippen LogP) is 2.67. The maximum atomic E-state index is 5.36. The molecule has 0 aliphatic heterocycles. The van der Waals surface area contributed by atoms with Crippen LogP contribution in [0.3, 0.4) is 0 Å². The van der Waals surface area contributed by atoms with Crippen LogP contribution in [0.1, 0.15) is 5.69 Å². The number of hydrazine groups is 1. The average Bonchev–Trinajstić information content (AvgIpc) is 2.45. The van der Waals surface area contributed by atoms with Crippen LogP contribution in [0.2, 0.25) is 0 Å². The smallest absolute Gasteiger partial charge is 0.119 e. The Bertz CT molecular complexity index is 472. The standard InChI is InChI=1S/C13H15N3OS/c1-17-12-3-2-4-13(8-12)18-9-11-7-10(16-14)5-6-15-11/h2-8H,9,14H2,1H3,(H,15,16). The maximum Gasteiger partial charge on any atom is 0.119 e. The zero-order valence-corrected chi connectivity index (χ0v) is 10.9. The van der Waals surface area contributed by atoms with E-state index in [2.05, 4.69) is 16.5 Å². The number of aromatic nitrogens is 1. The fraction of sp³-hybridized carbons (Fsp3) is 0.154. The molecule has 0 unspecified atom stereocenters. The van der Waals surface area contributed by atoms with Gasteiger partial charge in [-0.15, -0.1) is 11.8 Å². The molecule has 0 aliphatic carbocycles. The summed E-state index contributed by atoms with van der Waals surface area (Å²) in [5.74, 6) is 7.02. The molecule has 3 N–H and O–H groups in total. The molecule has 0 saturated heterocycles. The number of hydrogen-bond acceptors (Lipinski definition) is 5. The van der Waals surface area contributed by atoms with Gasteiger partial charge in [0.05, 0.1) is 18.5 Å². The van der Waals surface area contributed by atoms with Crippen molar-refractivity contribution in [2.45, 2.75) is 10.6 Å². The fourth-order valence-electron chi connectivity index (χ4n) is 1.50. The Labute approximate surface area is 111 Å². The Kier molecular flexibility index (Phi) is 4.44. The van der Waals surface area contributed by atoms with Crippen molar-refractivity contribution in [3.8, 4) is 5.75 Å². The molecule has 0 fully saturated rings. The molecule has 1 heterocycles. The van der Waals surface area contributed by atoms with Gasteiger partial charge in [0.1, 0.15) is 5.75 Å². The molecule has 0 atom stereocenters. The highest BCUT2D eigenvalue weighted by molar-refractivity contribution is 7.98. The van der Waals surface area contributed by atoms with Gasteiger partial charge < -0.3 is 10.2 Å². The molecule has 0 radical (unpaired) electrons. The lowest BCUT2D eigenvalue weighted by molar-refractivity contribution is 0.413. The van der Waals surface area contributed by atoms with Gasteiger partial charge in [0.2, 0.25) is 0 Å². The van der Waals surface area contributed by atoms with Crippen molar-refractivity contribution in [3.63, 3.8) is 0 Å². The molecule has 2 aromatic rings. The van der Waals surface area contributed by atoms with Crippen molar-refractivity contribution in [2.75, 3.05) is 12.5 Å². The summed E-state index contributed by atoms with van der Waals surface area (Å²) in [7, 11) is 1.67. The highest BCUT2D eigenvalue weighted by Crippen LogP contribution is 2.25. The van der Waals surface area contributed by atoms with Crippen molar-refractivity contribution in [1.29, 1.82) is 0 Å². The first-order chi connectivity index (χ1) is 8.81. The number of methoxy groups -OCH3 is 1. The zero-order chi connectivity index (χ0) is 12.8. The summed E-state index contributed by atoms with van der Waals surface area (Å²) in [6.45, 7) is 0. The summed E-state index contributed by atoms with van der Waals surface area (Å²) >= 11 is 1.71. The van der Waals surface area contributed by atoms with E-state index in [0.717, 1.165) is 27.8 Å². The van der Waals surface area contributed by atoms with Crippen molar-refractivity contribution in [2.24, 2.45) is 5.84 Å². The van der Waals surface area contributed by atoms with E-state index in [9.17, 15) is 0 Å². The highest BCUT2D eigenvalue weighted by atomic mass is 32.2. The molecular formula is C13H15N3OS. The van der Waals surface area contributed by atoms with Crippen LogP contribution in [0.15, 0.2) is 47.5 Å². The molecule has 94 valence electrons. The summed E-state index contributed by atoms with van der Waals surface area (Å²) in [4.78, 5) is 5.45. The van der Waals surface area contributed by atoms with Crippen LogP contribution in [0.25, 0.3) is 0 Å². The summed E-state index contributed by atoms with van der Waals surface area (Å²) < 4.78 is 5.19. The van der Waals surface area contributed by atoms with Crippen LogP contribution in [-0.4, -0.2) is 12.1 Å². The van der Waals surface area contributed by atoms with E-state index < -0.39 is 0 Å². The topological polar surface area (TPSA) is 60.2 Å². The van der Waals surface area contributed by atoms with Crippen LogP contribution < -0.4 is 16.0 Å². The Morgan fingerprint density at radius 2 is 2.22 bits per heavy atom. The van der Waals surface area contributed by atoms with Crippen LogP contribution >= 0.6 is 11.8 Å². The van der Waals surface area contributed by atoms with E-state index >= 15 is 0 Å². The Balaban J connectivity index is 2.01. The SMILES string of the molecule is COc1cccc(SCc2cc(NN)ccn2)c1. The molecule has 18 heavy (non-hydrogen) atoms. The van der Waals surface area contributed by atoms with Gasteiger partial charge in [-0.05, 0) is 30.3 Å². The van der Waals surface area contributed by atoms with Crippen LogP contribution in [0.5, 0.6) is 5.75 Å². The van der Waals surface area contributed by atoms with Crippen LogP contribution in [0.4, 0.5) is 5.69 Å². The quantitative estimate of drug-likeness (QED) is 0.492. The Hall–Kier alpha value is -1.72. The molecule has 0 spiro atoms. The van der Waals surface area contributed by atoms with E-state index in [1.54, 1.807) is 25.1 Å². The van der Waals surface area contributed by atoms with Gasteiger partial charge in [-0.25, -0.2) is 0 Å². The van der Waals surface area contributed by atoms with Gasteiger partial charge in [0.15, 0.2) is 0 Å². The number of hydrogen-bond donors (Lipinski definition) is 2. The molecule has 1 aromatic heterocycles. The summed E-state index contributed by atoms with van der Waals surface area (Å²) in [6.07, 6.45) is 1.75. The number of nitrogens with two attached hydrogens (primary N) is 1. The molecule has 2 rings (SSSR count). The summed E-state index contributed by atoms with van der Waals surface area (Å²) in [5, 5.41) is 0. The molecule has 0 bridgehead atoms. The normalized spacial score (nSPS) is 10.1. The van der Waals surface area contributed by atoms with E-state index in [0.29, 0.717) is 0 Å². The predicted molar refractivity (Wildman–Crippen MR) is 74.6 cm³/mol. The summed E-state index contributed by atoms with van der Waals surface area (Å²) in [6, 6.07) is 11.7. The van der Waals surface area contributed by atoms with Crippen LogP contribution in [-0.2, 0) is 5.75 Å². The fourth-order valence-corrected chi connectivity index (χ4v) is 2.34. The van der Waals surface area contributed by atoms with Crippen molar-refractivity contribution in [3.05, 3.63) is 48.3 Å². The number of ether oxygens (including phenoxy) is 1. The molecule has 1 aromatic carbocycles. The molecular weight excluding hydrogens is 246 g/mol. The minimum absolute atomic E-state index is 0.794. The van der Waals surface area contributed by atoms with E-state index in [4.69, 9.17) is 10.6 Å². The highest BCUT2D eigenvalue weighted by Gasteiger charge is 2.00. The maximum absolute atomic E-state index is 5.36. The lowest BCUT2D eigenvalue weighted by Gasteiger charge is -2.05. The molecule has 0 amide bonds. The summed E-state index contributed by atoms with van der Waals surface area (Å²) in [5.41, 5.74) is 4.47. The third-order valence-electron chi connectivity index (χ3n) is 2.41. The monoisotopic (exact) mass is 261 g/mol. The average molecular weight is 261 g/mol. The number of pyridine rings is 1. The third kappa shape index (κ3) is 3.38. The number of benzene rings is 1. The molecule has 4 nitrogen and oxygen atoms in total. The van der Waals surface area contributed by atoms with Crippen molar-refractivity contribution < 1.29 is 4.74 Å². The van der Waals surface area contributed by atoms with Crippen molar-refractivity contribution >= 4 is 17.4 Å². The largest absolute Gasteiger partial charge is 0.497 e. The van der Waals surface area contributed by atoms with E-state index in [1.807, 2.05) is 30.3 Å². The molecule has 0 aliphatic rings. The number of nitrogens with zero attached hydrogens (tertiary/aromatic N) is 1. The first kappa shape index (κ1) is 12.7. The van der Waals surface area contributed by atoms with Gasteiger partial charge in [0, 0.05) is 16.8 Å². The van der Waals surface area contributed by atoms with Gasteiger partial charge in [0.25, 0.3) is 0 Å². The van der Waals surface area contributed by atoms with Crippen LogP contribution in [0, 0.1) is 0 Å². The number of nitrogens with one attached hydrogen (secondary N) is 1. The second-order valence-corrected chi connectivity index (χ2v) is 4.70. The van der Waals surface area contributed by atoms with Gasteiger partial charge in [-0.2, -0.15) is 0 Å². The molecule has 0 saturated carbocycles. The lowest BCUT2D eigenvalue weighted by Crippen LogP contribution is -2.07. The second kappa shape index (κ2) is 6.28.